The van der Waals surface area contributed by atoms with E-state index in [0.29, 0.717) is 29.1 Å². The highest BCUT2D eigenvalue weighted by atomic mass is 35.5. The maximum atomic E-state index is 11.8. The van der Waals surface area contributed by atoms with Crippen LogP contribution in [-0.4, -0.2) is 18.6 Å². The lowest BCUT2D eigenvalue weighted by atomic mass is 10.1. The molecule has 1 aromatic rings. The predicted molar refractivity (Wildman–Crippen MR) is 73.0 cm³/mol. The van der Waals surface area contributed by atoms with Gasteiger partial charge in [-0.3, -0.25) is 4.79 Å². The molecule has 1 heterocycles. The first-order chi connectivity index (χ1) is 9.19. The molecule has 1 unspecified atom stereocenters. The van der Waals surface area contributed by atoms with Gasteiger partial charge in [-0.2, -0.15) is 5.26 Å². The summed E-state index contributed by atoms with van der Waals surface area (Å²) in [6.07, 6.45) is 3.39. The van der Waals surface area contributed by atoms with Crippen molar-refractivity contribution in [2.75, 3.05) is 11.9 Å². The number of rotatable bonds is 4. The quantitative estimate of drug-likeness (QED) is 0.920. The first-order valence-corrected chi connectivity index (χ1v) is 6.68. The second-order valence-electron chi connectivity index (χ2n) is 4.52. The zero-order valence-electron chi connectivity index (χ0n) is 10.5. The Morgan fingerprint density at radius 2 is 2.42 bits per heavy atom. The van der Waals surface area contributed by atoms with Gasteiger partial charge in [0.1, 0.15) is 6.07 Å². The fraction of sp³-hybridized carbons (Fsp3) is 0.429. The van der Waals surface area contributed by atoms with Crippen molar-refractivity contribution in [1.82, 2.24) is 0 Å². The Labute approximate surface area is 117 Å². The largest absolute Gasteiger partial charge is 0.378 e. The number of carbonyl (C=O) groups excluding carboxylic acids is 1. The highest BCUT2D eigenvalue weighted by Gasteiger charge is 2.17. The number of nitriles is 1. The molecule has 1 fully saturated rings. The zero-order valence-corrected chi connectivity index (χ0v) is 11.2. The minimum absolute atomic E-state index is 0.116. The van der Waals surface area contributed by atoms with E-state index in [4.69, 9.17) is 21.6 Å². The molecule has 1 aliphatic rings. The Bertz CT molecular complexity index is 505. The van der Waals surface area contributed by atoms with Crippen LogP contribution in [0.2, 0.25) is 5.02 Å². The number of carbonyl (C=O) groups is 1. The molecule has 1 aromatic carbocycles. The maximum Gasteiger partial charge on any atom is 0.224 e. The van der Waals surface area contributed by atoms with Gasteiger partial charge in [0.25, 0.3) is 0 Å². The average molecular weight is 279 g/mol. The van der Waals surface area contributed by atoms with E-state index >= 15 is 0 Å². The van der Waals surface area contributed by atoms with Crippen molar-refractivity contribution < 1.29 is 9.53 Å². The Kier molecular flexibility index (Phi) is 4.78. The number of nitrogens with zero attached hydrogens (tertiary/aromatic N) is 1. The van der Waals surface area contributed by atoms with Crippen molar-refractivity contribution in [3.63, 3.8) is 0 Å². The SMILES string of the molecule is N#Cc1ccc(Cl)cc1NC(=O)CCC1CCCO1. The predicted octanol–water partition coefficient (Wildman–Crippen LogP) is 3.11. The fourth-order valence-corrected chi connectivity index (χ4v) is 2.27. The molecule has 100 valence electrons. The molecule has 0 radical (unpaired) electrons. The number of halogens is 1. The van der Waals surface area contributed by atoms with Gasteiger partial charge in [0.05, 0.1) is 17.4 Å². The van der Waals surface area contributed by atoms with Gasteiger partial charge in [-0.25, -0.2) is 0 Å². The van der Waals surface area contributed by atoms with Crippen LogP contribution in [0.5, 0.6) is 0 Å². The highest BCUT2D eigenvalue weighted by molar-refractivity contribution is 6.31. The van der Waals surface area contributed by atoms with Crippen LogP contribution in [0.1, 0.15) is 31.2 Å². The molecule has 0 bridgehead atoms. The molecular formula is C14H15ClN2O2. The van der Waals surface area contributed by atoms with E-state index < -0.39 is 0 Å². The summed E-state index contributed by atoms with van der Waals surface area (Å²) in [6, 6.07) is 6.84. The summed E-state index contributed by atoms with van der Waals surface area (Å²) < 4.78 is 5.46. The van der Waals surface area contributed by atoms with Gasteiger partial charge in [0.2, 0.25) is 5.91 Å². The van der Waals surface area contributed by atoms with Crippen molar-refractivity contribution in [2.24, 2.45) is 0 Å². The van der Waals surface area contributed by atoms with E-state index in [1.807, 2.05) is 6.07 Å². The average Bonchev–Trinajstić information content (AvgIpc) is 2.90. The first-order valence-electron chi connectivity index (χ1n) is 6.30. The molecule has 1 saturated heterocycles. The summed E-state index contributed by atoms with van der Waals surface area (Å²) >= 11 is 5.86. The van der Waals surface area contributed by atoms with E-state index in [2.05, 4.69) is 5.32 Å². The summed E-state index contributed by atoms with van der Waals surface area (Å²) in [5, 5.41) is 12.2. The second kappa shape index (κ2) is 6.55. The highest BCUT2D eigenvalue weighted by Crippen LogP contribution is 2.21. The molecule has 1 N–H and O–H groups in total. The van der Waals surface area contributed by atoms with Gasteiger partial charge < -0.3 is 10.1 Å². The van der Waals surface area contributed by atoms with Crippen LogP contribution in [0.3, 0.4) is 0 Å². The van der Waals surface area contributed by atoms with Crippen molar-refractivity contribution >= 4 is 23.2 Å². The third-order valence-electron chi connectivity index (χ3n) is 3.09. The standard InChI is InChI=1S/C14H15ClN2O2/c15-11-4-3-10(9-16)13(8-11)17-14(18)6-5-12-2-1-7-19-12/h3-4,8,12H,1-2,5-7H2,(H,17,18). The number of hydrogen-bond acceptors (Lipinski definition) is 3. The molecule has 5 heteroatoms. The fourth-order valence-electron chi connectivity index (χ4n) is 2.09. The van der Waals surface area contributed by atoms with Gasteiger partial charge in [-0.15, -0.1) is 0 Å². The zero-order chi connectivity index (χ0) is 13.7. The Morgan fingerprint density at radius 3 is 3.11 bits per heavy atom. The molecule has 0 saturated carbocycles. The van der Waals surface area contributed by atoms with Crippen LogP contribution in [0, 0.1) is 11.3 Å². The molecule has 1 aliphatic heterocycles. The monoisotopic (exact) mass is 278 g/mol. The first kappa shape index (κ1) is 13.9. The van der Waals surface area contributed by atoms with Crippen molar-refractivity contribution in [3.05, 3.63) is 28.8 Å². The van der Waals surface area contributed by atoms with Gasteiger partial charge >= 0.3 is 0 Å². The number of anilines is 1. The summed E-state index contributed by atoms with van der Waals surface area (Å²) in [7, 11) is 0. The van der Waals surface area contributed by atoms with Crippen LogP contribution in [0.15, 0.2) is 18.2 Å². The number of hydrogen-bond donors (Lipinski definition) is 1. The maximum absolute atomic E-state index is 11.8. The lowest BCUT2D eigenvalue weighted by molar-refractivity contribution is -0.116. The topological polar surface area (TPSA) is 62.1 Å². The Morgan fingerprint density at radius 1 is 1.58 bits per heavy atom. The Hall–Kier alpha value is -1.57. The summed E-state index contributed by atoms with van der Waals surface area (Å²) in [6.45, 7) is 0.791. The lowest BCUT2D eigenvalue weighted by Crippen LogP contribution is -2.15. The molecule has 0 aromatic heterocycles. The number of nitrogens with one attached hydrogen (secondary N) is 1. The second-order valence-corrected chi connectivity index (χ2v) is 4.96. The van der Waals surface area contributed by atoms with E-state index in [1.165, 1.54) is 0 Å². The summed E-state index contributed by atoms with van der Waals surface area (Å²) in [4.78, 5) is 11.8. The van der Waals surface area contributed by atoms with E-state index in [0.717, 1.165) is 19.4 Å². The number of amides is 1. The number of ether oxygens (including phenoxy) is 1. The third-order valence-corrected chi connectivity index (χ3v) is 3.33. The van der Waals surface area contributed by atoms with Crippen LogP contribution in [0.4, 0.5) is 5.69 Å². The van der Waals surface area contributed by atoms with Crippen LogP contribution < -0.4 is 5.32 Å². The summed E-state index contributed by atoms with van der Waals surface area (Å²) in [5.41, 5.74) is 0.877. The van der Waals surface area contributed by atoms with Crippen LogP contribution in [-0.2, 0) is 9.53 Å². The summed E-state index contributed by atoms with van der Waals surface area (Å²) in [5.74, 6) is -0.116. The minimum atomic E-state index is -0.116. The van der Waals surface area contributed by atoms with Crippen molar-refractivity contribution in [1.29, 1.82) is 5.26 Å². The van der Waals surface area contributed by atoms with Crippen molar-refractivity contribution in [3.8, 4) is 6.07 Å². The third kappa shape index (κ3) is 3.95. The van der Waals surface area contributed by atoms with Gasteiger partial charge in [0.15, 0.2) is 0 Å². The molecule has 1 atom stereocenters. The van der Waals surface area contributed by atoms with Gasteiger partial charge in [-0.05, 0) is 37.5 Å². The Balaban J connectivity index is 1.91. The van der Waals surface area contributed by atoms with Crippen LogP contribution >= 0.6 is 11.6 Å². The van der Waals surface area contributed by atoms with E-state index in [9.17, 15) is 4.79 Å². The van der Waals surface area contributed by atoms with Crippen LogP contribution in [0.25, 0.3) is 0 Å². The lowest BCUT2D eigenvalue weighted by Gasteiger charge is -2.10. The van der Waals surface area contributed by atoms with E-state index in [1.54, 1.807) is 18.2 Å². The van der Waals surface area contributed by atoms with Gasteiger partial charge in [-0.1, -0.05) is 11.6 Å². The van der Waals surface area contributed by atoms with Gasteiger partial charge in [0, 0.05) is 18.1 Å². The molecule has 4 nitrogen and oxygen atoms in total. The van der Waals surface area contributed by atoms with E-state index in [-0.39, 0.29) is 12.0 Å². The normalized spacial score (nSPS) is 18.0. The number of benzene rings is 1. The smallest absolute Gasteiger partial charge is 0.224 e. The molecule has 0 aliphatic carbocycles. The molecule has 2 rings (SSSR count). The minimum Gasteiger partial charge on any atom is -0.378 e. The molecule has 0 spiro atoms. The van der Waals surface area contributed by atoms with Crippen molar-refractivity contribution in [2.45, 2.75) is 31.8 Å². The molecule has 1 amide bonds. The molecular weight excluding hydrogens is 264 g/mol. The molecule has 19 heavy (non-hydrogen) atoms.